The van der Waals surface area contributed by atoms with E-state index >= 15 is 0 Å². The Morgan fingerprint density at radius 3 is 2.78 bits per heavy atom. The number of hydrogen-bond acceptors (Lipinski definition) is 2. The molecule has 9 heavy (non-hydrogen) atoms. The Hall–Kier alpha value is -0.0800. The van der Waals surface area contributed by atoms with E-state index in [1.807, 2.05) is 0 Å². The predicted molar refractivity (Wildman–Crippen MR) is 39.2 cm³/mol. The minimum atomic E-state index is 0.745. The quantitative estimate of drug-likeness (QED) is 0.562. The molecular formula is C7H16N2. The summed E-state index contributed by atoms with van der Waals surface area (Å²) in [5, 5.41) is 3.43. The normalized spacial score (nSPS) is 35.3. The van der Waals surface area contributed by atoms with E-state index in [0.29, 0.717) is 0 Å². The van der Waals surface area contributed by atoms with Crippen molar-refractivity contribution in [3.63, 3.8) is 0 Å². The highest BCUT2D eigenvalue weighted by atomic mass is 14.9. The molecule has 1 fully saturated rings. The fraction of sp³-hybridized carbons (Fsp3) is 1.00. The zero-order chi connectivity index (χ0) is 6.69. The van der Waals surface area contributed by atoms with Crippen LogP contribution in [0.1, 0.15) is 19.8 Å². The molecule has 3 N–H and O–H groups in total. The van der Waals surface area contributed by atoms with Crippen molar-refractivity contribution in [1.82, 2.24) is 5.32 Å². The minimum Gasteiger partial charge on any atom is -0.330 e. The highest BCUT2D eigenvalue weighted by molar-refractivity contribution is 4.80. The van der Waals surface area contributed by atoms with Gasteiger partial charge in [0.05, 0.1) is 0 Å². The Morgan fingerprint density at radius 1 is 1.67 bits per heavy atom. The summed E-state index contributed by atoms with van der Waals surface area (Å²) < 4.78 is 0. The summed E-state index contributed by atoms with van der Waals surface area (Å²) in [6.45, 7) is 4.20. The minimum absolute atomic E-state index is 0.745. The van der Waals surface area contributed by atoms with Crippen molar-refractivity contribution in [1.29, 1.82) is 0 Å². The van der Waals surface area contributed by atoms with Gasteiger partial charge in [-0.05, 0) is 31.8 Å². The number of hydrogen-bond donors (Lipinski definition) is 2. The van der Waals surface area contributed by atoms with Crippen LogP contribution in [0.3, 0.4) is 0 Å². The number of rotatable bonds is 2. The molecule has 0 aromatic carbocycles. The molecule has 1 unspecified atom stereocenters. The van der Waals surface area contributed by atoms with Gasteiger partial charge >= 0.3 is 0 Å². The molecule has 0 radical (unpaired) electrons. The average molecular weight is 128 g/mol. The first-order chi connectivity index (χ1) is 4.36. The summed E-state index contributed by atoms with van der Waals surface area (Å²) in [6.07, 6.45) is 2.53. The van der Waals surface area contributed by atoms with Crippen molar-refractivity contribution in [3.05, 3.63) is 0 Å². The fourth-order valence-electron chi connectivity index (χ4n) is 1.39. The zero-order valence-electron chi connectivity index (χ0n) is 6.06. The lowest BCUT2D eigenvalue weighted by Crippen LogP contribution is -2.20. The fourth-order valence-corrected chi connectivity index (χ4v) is 1.39. The van der Waals surface area contributed by atoms with Gasteiger partial charge in [0.1, 0.15) is 0 Å². The summed E-state index contributed by atoms with van der Waals surface area (Å²) >= 11 is 0. The second-order valence-corrected chi connectivity index (χ2v) is 2.85. The third-order valence-corrected chi connectivity index (χ3v) is 2.14. The Kier molecular flexibility index (Phi) is 2.49. The van der Waals surface area contributed by atoms with Crippen LogP contribution in [0.5, 0.6) is 0 Å². The van der Waals surface area contributed by atoms with Crippen molar-refractivity contribution < 1.29 is 0 Å². The molecule has 1 heterocycles. The van der Waals surface area contributed by atoms with Crippen molar-refractivity contribution in [2.75, 3.05) is 13.1 Å². The second-order valence-electron chi connectivity index (χ2n) is 2.85. The second kappa shape index (κ2) is 3.18. The zero-order valence-corrected chi connectivity index (χ0v) is 6.06. The van der Waals surface area contributed by atoms with Gasteiger partial charge in [-0.25, -0.2) is 0 Å². The molecule has 0 bridgehead atoms. The molecule has 0 spiro atoms. The lowest BCUT2D eigenvalue weighted by molar-refractivity contribution is 0.550. The summed E-state index contributed by atoms with van der Waals surface area (Å²) in [4.78, 5) is 0. The average Bonchev–Trinajstić information content (AvgIpc) is 2.34. The van der Waals surface area contributed by atoms with Gasteiger partial charge in [0.2, 0.25) is 0 Å². The SMILES string of the molecule is CCC1C[C@H](CN)CN1. The van der Waals surface area contributed by atoms with Gasteiger partial charge in [0.15, 0.2) is 0 Å². The standard InChI is InChI=1S/C7H16N2/c1-2-7-3-6(4-8)5-9-7/h6-7,9H,2-5,8H2,1H3/t6-,7?/m1/s1. The van der Waals surface area contributed by atoms with Gasteiger partial charge in [-0.2, -0.15) is 0 Å². The summed E-state index contributed by atoms with van der Waals surface area (Å²) in [7, 11) is 0. The Bertz CT molecular complexity index is 73.0. The molecule has 2 heteroatoms. The third-order valence-electron chi connectivity index (χ3n) is 2.14. The van der Waals surface area contributed by atoms with E-state index < -0.39 is 0 Å². The van der Waals surface area contributed by atoms with Crippen LogP contribution in [0.25, 0.3) is 0 Å². The van der Waals surface area contributed by atoms with Crippen LogP contribution in [-0.2, 0) is 0 Å². The third kappa shape index (κ3) is 1.66. The van der Waals surface area contributed by atoms with Gasteiger partial charge in [0, 0.05) is 6.04 Å². The summed E-state index contributed by atoms with van der Waals surface area (Å²) in [6, 6.07) is 0.749. The Labute approximate surface area is 56.8 Å². The van der Waals surface area contributed by atoms with Crippen LogP contribution in [0.2, 0.25) is 0 Å². The van der Waals surface area contributed by atoms with E-state index in [9.17, 15) is 0 Å². The van der Waals surface area contributed by atoms with Gasteiger partial charge in [-0.15, -0.1) is 0 Å². The summed E-state index contributed by atoms with van der Waals surface area (Å²) in [5.74, 6) is 0.745. The van der Waals surface area contributed by atoms with Crippen LogP contribution in [-0.4, -0.2) is 19.1 Å². The first kappa shape index (κ1) is 7.03. The van der Waals surface area contributed by atoms with Crippen LogP contribution in [0.15, 0.2) is 0 Å². The van der Waals surface area contributed by atoms with Gasteiger partial charge < -0.3 is 11.1 Å². The monoisotopic (exact) mass is 128 g/mol. The van der Waals surface area contributed by atoms with Crippen LogP contribution in [0.4, 0.5) is 0 Å². The van der Waals surface area contributed by atoms with Crippen molar-refractivity contribution >= 4 is 0 Å². The van der Waals surface area contributed by atoms with E-state index in [4.69, 9.17) is 5.73 Å². The molecule has 1 rings (SSSR count). The molecule has 0 aliphatic carbocycles. The van der Waals surface area contributed by atoms with E-state index in [2.05, 4.69) is 12.2 Å². The molecule has 1 aliphatic heterocycles. The largest absolute Gasteiger partial charge is 0.330 e. The van der Waals surface area contributed by atoms with Gasteiger partial charge in [-0.1, -0.05) is 6.92 Å². The van der Waals surface area contributed by atoms with E-state index in [1.54, 1.807) is 0 Å². The maximum absolute atomic E-state index is 5.51. The van der Waals surface area contributed by atoms with Crippen molar-refractivity contribution in [2.45, 2.75) is 25.8 Å². The molecule has 0 saturated carbocycles. The summed E-state index contributed by atoms with van der Waals surface area (Å²) in [5.41, 5.74) is 5.51. The molecule has 0 aromatic rings. The van der Waals surface area contributed by atoms with Crippen LogP contribution >= 0.6 is 0 Å². The molecule has 0 amide bonds. The highest BCUT2D eigenvalue weighted by Crippen LogP contribution is 2.13. The maximum atomic E-state index is 5.51. The Morgan fingerprint density at radius 2 is 2.44 bits per heavy atom. The molecule has 1 aliphatic rings. The van der Waals surface area contributed by atoms with Crippen LogP contribution < -0.4 is 11.1 Å². The topological polar surface area (TPSA) is 38.0 Å². The van der Waals surface area contributed by atoms with E-state index in [1.165, 1.54) is 12.8 Å². The molecular weight excluding hydrogens is 112 g/mol. The molecule has 1 saturated heterocycles. The van der Waals surface area contributed by atoms with E-state index in [-0.39, 0.29) is 0 Å². The van der Waals surface area contributed by atoms with Crippen molar-refractivity contribution in [3.8, 4) is 0 Å². The Balaban J connectivity index is 2.20. The first-order valence-corrected chi connectivity index (χ1v) is 3.80. The molecule has 0 aromatic heterocycles. The lowest BCUT2D eigenvalue weighted by atomic mass is 10.1. The number of nitrogens with two attached hydrogens (primary N) is 1. The first-order valence-electron chi connectivity index (χ1n) is 3.80. The highest BCUT2D eigenvalue weighted by Gasteiger charge is 2.20. The van der Waals surface area contributed by atoms with E-state index in [0.717, 1.165) is 25.0 Å². The van der Waals surface area contributed by atoms with Gasteiger partial charge in [-0.3, -0.25) is 0 Å². The lowest BCUT2D eigenvalue weighted by Gasteiger charge is -2.04. The van der Waals surface area contributed by atoms with Gasteiger partial charge in [0.25, 0.3) is 0 Å². The number of nitrogens with one attached hydrogen (secondary N) is 1. The smallest absolute Gasteiger partial charge is 0.00681 e. The predicted octanol–water partition coefficient (Wildman–Crippen LogP) is 0.333. The van der Waals surface area contributed by atoms with Crippen molar-refractivity contribution in [2.24, 2.45) is 11.7 Å². The molecule has 2 nitrogen and oxygen atoms in total. The maximum Gasteiger partial charge on any atom is 0.00681 e. The molecule has 54 valence electrons. The van der Waals surface area contributed by atoms with Crippen LogP contribution in [0, 0.1) is 5.92 Å². The molecule has 2 atom stereocenters.